The SMILES string of the molecule is Cc1cc(I)cc2c1N[C@H](c1ccccc1)[C@H]1C[C@@H](Sc3ccccc3[N+](=O)[O-])[C@@H](Cl)[C@H]21. The molecule has 5 rings (SSSR count). The largest absolute Gasteiger partial charge is 0.377 e. The molecule has 7 heteroatoms. The number of hydrogen-bond donors (Lipinski definition) is 1. The van der Waals surface area contributed by atoms with Crippen LogP contribution in [-0.2, 0) is 0 Å². The summed E-state index contributed by atoms with van der Waals surface area (Å²) < 4.78 is 1.20. The number of para-hydroxylation sites is 1. The second kappa shape index (κ2) is 8.88. The van der Waals surface area contributed by atoms with Crippen molar-refractivity contribution in [1.29, 1.82) is 0 Å². The van der Waals surface area contributed by atoms with Crippen molar-refractivity contribution in [3.8, 4) is 0 Å². The third kappa shape index (κ3) is 3.90. The molecule has 0 bridgehead atoms. The number of fused-ring (bicyclic) bond motifs is 3. The molecule has 0 spiro atoms. The second-order valence-corrected chi connectivity index (χ2v) is 11.5. The van der Waals surface area contributed by atoms with Crippen LogP contribution < -0.4 is 5.32 Å². The van der Waals surface area contributed by atoms with Crippen molar-refractivity contribution in [2.75, 3.05) is 5.32 Å². The number of nitrogens with zero attached hydrogens (tertiary/aromatic N) is 1. The number of nitro benzene ring substituents is 1. The first-order valence-electron chi connectivity index (χ1n) is 10.6. The molecule has 32 heavy (non-hydrogen) atoms. The summed E-state index contributed by atoms with van der Waals surface area (Å²) in [6.07, 6.45) is 0.895. The number of halogens is 2. The van der Waals surface area contributed by atoms with Gasteiger partial charge in [-0.15, -0.1) is 23.4 Å². The second-order valence-electron chi connectivity index (χ2n) is 8.47. The molecular weight excluding hydrogens is 555 g/mol. The van der Waals surface area contributed by atoms with E-state index in [0.29, 0.717) is 10.8 Å². The molecule has 0 amide bonds. The Morgan fingerprint density at radius 1 is 1.12 bits per heavy atom. The first kappa shape index (κ1) is 22.0. The fourth-order valence-electron chi connectivity index (χ4n) is 5.22. The predicted octanol–water partition coefficient (Wildman–Crippen LogP) is 7.55. The van der Waals surface area contributed by atoms with Crippen molar-refractivity contribution in [2.45, 2.75) is 40.8 Å². The molecule has 5 atom stereocenters. The van der Waals surface area contributed by atoms with Crippen molar-refractivity contribution in [1.82, 2.24) is 0 Å². The molecule has 164 valence electrons. The van der Waals surface area contributed by atoms with Gasteiger partial charge >= 0.3 is 0 Å². The minimum atomic E-state index is -0.303. The maximum absolute atomic E-state index is 11.6. The van der Waals surface area contributed by atoms with Crippen LogP contribution in [0.1, 0.15) is 35.1 Å². The van der Waals surface area contributed by atoms with Crippen molar-refractivity contribution in [2.24, 2.45) is 5.92 Å². The van der Waals surface area contributed by atoms with E-state index in [1.165, 1.54) is 25.9 Å². The van der Waals surface area contributed by atoms with Crippen molar-refractivity contribution >= 4 is 57.3 Å². The first-order chi connectivity index (χ1) is 15.4. The van der Waals surface area contributed by atoms with Gasteiger partial charge in [-0.2, -0.15) is 0 Å². The van der Waals surface area contributed by atoms with E-state index >= 15 is 0 Å². The summed E-state index contributed by atoms with van der Waals surface area (Å²) in [4.78, 5) is 11.9. The number of alkyl halides is 1. The number of nitrogens with one attached hydrogen (secondary N) is 1. The number of benzene rings is 3. The third-order valence-electron chi connectivity index (χ3n) is 6.58. The molecule has 0 radical (unpaired) electrons. The number of anilines is 1. The molecule has 3 aromatic carbocycles. The van der Waals surface area contributed by atoms with Crippen LogP contribution in [0.4, 0.5) is 11.4 Å². The Hall–Kier alpha value is -1.77. The van der Waals surface area contributed by atoms with Gasteiger partial charge in [0, 0.05) is 26.5 Å². The van der Waals surface area contributed by atoms with Crippen LogP contribution in [0.15, 0.2) is 71.6 Å². The number of thioether (sulfide) groups is 1. The molecule has 2 aliphatic rings. The molecule has 1 heterocycles. The molecule has 1 aliphatic carbocycles. The number of nitro groups is 1. The van der Waals surface area contributed by atoms with E-state index < -0.39 is 0 Å². The molecule has 1 aliphatic heterocycles. The Balaban J connectivity index is 1.56. The van der Waals surface area contributed by atoms with E-state index in [1.54, 1.807) is 23.9 Å². The lowest BCUT2D eigenvalue weighted by atomic mass is 9.76. The van der Waals surface area contributed by atoms with Gasteiger partial charge in [-0.1, -0.05) is 42.5 Å². The zero-order valence-electron chi connectivity index (χ0n) is 17.4. The lowest BCUT2D eigenvalue weighted by Crippen LogP contribution is -2.31. The van der Waals surface area contributed by atoms with E-state index in [0.717, 1.165) is 6.42 Å². The quantitative estimate of drug-likeness (QED) is 0.151. The Bertz CT molecular complexity index is 1180. The molecular formula is C25H22ClIN2O2S. The molecule has 1 fully saturated rings. The minimum absolute atomic E-state index is 0.0879. The van der Waals surface area contributed by atoms with Gasteiger partial charge in [0.1, 0.15) is 0 Å². The van der Waals surface area contributed by atoms with Gasteiger partial charge in [-0.05, 0) is 76.7 Å². The first-order valence-corrected chi connectivity index (χ1v) is 13.0. The van der Waals surface area contributed by atoms with Gasteiger partial charge in [-0.3, -0.25) is 10.1 Å². The van der Waals surface area contributed by atoms with E-state index in [9.17, 15) is 10.1 Å². The monoisotopic (exact) mass is 576 g/mol. The van der Waals surface area contributed by atoms with E-state index in [4.69, 9.17) is 11.6 Å². The number of aryl methyl sites for hydroxylation is 1. The Morgan fingerprint density at radius 3 is 2.59 bits per heavy atom. The standard InChI is InChI=1S/C25H22ClIN2O2S/c1-14-11-16(27)12-17-22-18(25(28-24(14)17)15-7-3-2-4-8-15)13-21(23(22)26)32-20-10-6-5-9-19(20)29(30)31/h2-12,18,21-23,25,28H,13H2,1H3/t18-,21+,22+,23+,25+/m0/s1. The van der Waals surface area contributed by atoms with Crippen molar-refractivity contribution < 1.29 is 4.92 Å². The summed E-state index contributed by atoms with van der Waals surface area (Å²) in [6.45, 7) is 2.15. The summed E-state index contributed by atoms with van der Waals surface area (Å²) in [5.41, 5.74) is 5.09. The molecule has 3 aromatic rings. The lowest BCUT2D eigenvalue weighted by Gasteiger charge is -2.39. The van der Waals surface area contributed by atoms with E-state index in [2.05, 4.69) is 71.2 Å². The average molecular weight is 577 g/mol. The van der Waals surface area contributed by atoms with Gasteiger partial charge in [-0.25, -0.2) is 0 Å². The third-order valence-corrected chi connectivity index (χ3v) is 9.32. The van der Waals surface area contributed by atoms with E-state index in [-0.39, 0.29) is 33.2 Å². The average Bonchev–Trinajstić information content (AvgIpc) is 3.10. The van der Waals surface area contributed by atoms with Gasteiger partial charge in [0.05, 0.1) is 21.2 Å². The predicted molar refractivity (Wildman–Crippen MR) is 140 cm³/mol. The molecule has 1 N–H and O–H groups in total. The lowest BCUT2D eigenvalue weighted by molar-refractivity contribution is -0.387. The van der Waals surface area contributed by atoms with Crippen LogP contribution in [-0.4, -0.2) is 15.6 Å². The normalized spacial score (nSPS) is 26.2. The number of rotatable bonds is 4. The minimum Gasteiger partial charge on any atom is -0.377 e. The maximum Gasteiger partial charge on any atom is 0.282 e. The highest BCUT2D eigenvalue weighted by Gasteiger charge is 2.50. The summed E-state index contributed by atoms with van der Waals surface area (Å²) in [7, 11) is 0. The van der Waals surface area contributed by atoms with Crippen molar-refractivity contribution in [3.63, 3.8) is 0 Å². The zero-order chi connectivity index (χ0) is 22.4. The van der Waals surface area contributed by atoms with Gasteiger partial charge in [0.15, 0.2) is 0 Å². The van der Waals surface area contributed by atoms with Crippen LogP contribution in [0.5, 0.6) is 0 Å². The Labute approximate surface area is 210 Å². The topological polar surface area (TPSA) is 55.2 Å². The Morgan fingerprint density at radius 2 is 1.84 bits per heavy atom. The molecule has 0 unspecified atom stereocenters. The molecule has 0 saturated heterocycles. The van der Waals surface area contributed by atoms with Crippen LogP contribution in [0, 0.1) is 26.5 Å². The Kier molecular flexibility index (Phi) is 6.11. The summed E-state index contributed by atoms with van der Waals surface area (Å²) >= 11 is 11.1. The number of hydrogen-bond acceptors (Lipinski definition) is 4. The van der Waals surface area contributed by atoms with Crippen LogP contribution >= 0.6 is 46.0 Å². The summed E-state index contributed by atoms with van der Waals surface area (Å²) in [5, 5.41) is 15.4. The highest BCUT2D eigenvalue weighted by molar-refractivity contribution is 14.1. The fraction of sp³-hybridized carbons (Fsp3) is 0.280. The van der Waals surface area contributed by atoms with E-state index in [1.807, 2.05) is 18.2 Å². The van der Waals surface area contributed by atoms with Crippen LogP contribution in [0.25, 0.3) is 0 Å². The van der Waals surface area contributed by atoms with Crippen LogP contribution in [0.2, 0.25) is 0 Å². The molecule has 0 aromatic heterocycles. The maximum atomic E-state index is 11.6. The smallest absolute Gasteiger partial charge is 0.282 e. The molecule has 1 saturated carbocycles. The fourth-order valence-corrected chi connectivity index (χ4v) is 7.97. The molecule has 4 nitrogen and oxygen atoms in total. The summed E-state index contributed by atoms with van der Waals surface area (Å²) in [6, 6.07) is 22.1. The highest BCUT2D eigenvalue weighted by Crippen LogP contribution is 2.58. The van der Waals surface area contributed by atoms with Gasteiger partial charge in [0.2, 0.25) is 0 Å². The summed E-state index contributed by atoms with van der Waals surface area (Å²) in [5.74, 6) is 0.497. The van der Waals surface area contributed by atoms with Crippen molar-refractivity contribution in [3.05, 3.63) is 97.1 Å². The van der Waals surface area contributed by atoms with Crippen LogP contribution in [0.3, 0.4) is 0 Å². The van der Waals surface area contributed by atoms with Gasteiger partial charge < -0.3 is 5.32 Å². The highest BCUT2D eigenvalue weighted by atomic mass is 127. The zero-order valence-corrected chi connectivity index (χ0v) is 21.1. The van der Waals surface area contributed by atoms with Gasteiger partial charge in [0.25, 0.3) is 5.69 Å².